The third kappa shape index (κ3) is 3.96. The van der Waals surface area contributed by atoms with Gasteiger partial charge in [-0.1, -0.05) is 28.1 Å². The van der Waals surface area contributed by atoms with Crippen LogP contribution in [0.4, 0.5) is 13.2 Å². The molecule has 2 aromatic carbocycles. The molecule has 0 atom stereocenters. The van der Waals surface area contributed by atoms with E-state index in [2.05, 4.69) is 21.2 Å². The van der Waals surface area contributed by atoms with Crippen LogP contribution in [0.25, 0.3) is 10.8 Å². The Balaban J connectivity index is 2.09. The Morgan fingerprint density at radius 2 is 1.75 bits per heavy atom. The second-order valence-corrected chi connectivity index (χ2v) is 5.24. The highest BCUT2D eigenvalue weighted by Gasteiger charge is 2.26. The molecule has 0 bridgehead atoms. The summed E-state index contributed by atoms with van der Waals surface area (Å²) in [4.78, 5) is 11.8. The summed E-state index contributed by atoms with van der Waals surface area (Å²) >= 11 is 3.35. The first-order valence-electron chi connectivity index (χ1n) is 5.89. The van der Waals surface area contributed by atoms with Gasteiger partial charge >= 0.3 is 6.18 Å². The summed E-state index contributed by atoms with van der Waals surface area (Å²) in [5.74, 6) is -0.501. The van der Waals surface area contributed by atoms with E-state index in [4.69, 9.17) is 0 Å². The molecule has 0 spiro atoms. The number of carbonyl (C=O) groups excluding carboxylic acids is 1. The summed E-state index contributed by atoms with van der Waals surface area (Å²) in [6, 6.07) is 10.6. The van der Waals surface area contributed by atoms with E-state index in [0.717, 1.165) is 15.2 Å². The van der Waals surface area contributed by atoms with Crippen molar-refractivity contribution in [3.8, 4) is 0 Å². The van der Waals surface area contributed by atoms with Crippen molar-refractivity contribution in [2.75, 3.05) is 6.54 Å². The van der Waals surface area contributed by atoms with Crippen molar-refractivity contribution in [2.24, 2.45) is 0 Å². The second kappa shape index (κ2) is 5.83. The van der Waals surface area contributed by atoms with Crippen LogP contribution in [0.2, 0.25) is 0 Å². The molecule has 20 heavy (non-hydrogen) atoms. The number of carbonyl (C=O) groups is 1. The maximum atomic E-state index is 12.0. The normalized spacial score (nSPS) is 11.6. The Morgan fingerprint density at radius 3 is 2.45 bits per heavy atom. The standard InChI is InChI=1S/C14H11BrF3NO/c15-12-4-3-9-7-11(2-1-10(9)8-12)13(20)19-6-5-14(16,17)18/h1-4,7-8H,5-6H2,(H,19,20). The maximum absolute atomic E-state index is 12.0. The van der Waals surface area contributed by atoms with Crippen molar-refractivity contribution < 1.29 is 18.0 Å². The minimum absolute atomic E-state index is 0.349. The third-order valence-corrected chi connectivity index (χ3v) is 3.25. The molecule has 1 amide bonds. The van der Waals surface area contributed by atoms with Crippen molar-refractivity contribution in [1.82, 2.24) is 5.32 Å². The minimum atomic E-state index is -4.26. The van der Waals surface area contributed by atoms with Gasteiger partial charge in [-0.2, -0.15) is 13.2 Å². The zero-order valence-corrected chi connectivity index (χ0v) is 11.9. The molecule has 0 heterocycles. The van der Waals surface area contributed by atoms with Gasteiger partial charge in [-0.25, -0.2) is 0 Å². The lowest BCUT2D eigenvalue weighted by atomic mass is 10.1. The van der Waals surface area contributed by atoms with Crippen molar-refractivity contribution >= 4 is 32.6 Å². The molecular formula is C14H11BrF3NO. The summed E-state index contributed by atoms with van der Waals surface area (Å²) in [5, 5.41) is 4.07. The van der Waals surface area contributed by atoms with Crippen LogP contribution in [0, 0.1) is 0 Å². The van der Waals surface area contributed by atoms with Crippen LogP contribution in [0.1, 0.15) is 16.8 Å². The van der Waals surface area contributed by atoms with Gasteiger partial charge in [0.1, 0.15) is 0 Å². The molecule has 0 aliphatic rings. The van der Waals surface area contributed by atoms with Crippen molar-refractivity contribution in [1.29, 1.82) is 0 Å². The van der Waals surface area contributed by atoms with E-state index in [0.29, 0.717) is 5.56 Å². The lowest BCUT2D eigenvalue weighted by Gasteiger charge is -2.08. The van der Waals surface area contributed by atoms with E-state index in [1.54, 1.807) is 18.2 Å². The number of alkyl halides is 3. The molecule has 0 saturated heterocycles. The summed E-state index contributed by atoms with van der Waals surface area (Å²) in [6.45, 7) is -0.416. The number of rotatable bonds is 3. The quantitative estimate of drug-likeness (QED) is 0.883. The van der Waals surface area contributed by atoms with Gasteiger partial charge in [0.2, 0.25) is 0 Å². The molecule has 0 fully saturated rings. The highest BCUT2D eigenvalue weighted by molar-refractivity contribution is 9.10. The van der Waals surface area contributed by atoms with Crippen LogP contribution >= 0.6 is 15.9 Å². The zero-order valence-electron chi connectivity index (χ0n) is 10.3. The highest BCUT2D eigenvalue weighted by atomic mass is 79.9. The summed E-state index contributed by atoms with van der Waals surface area (Å²) in [6.07, 6.45) is -5.29. The van der Waals surface area contributed by atoms with Crippen molar-refractivity contribution in [3.63, 3.8) is 0 Å². The second-order valence-electron chi connectivity index (χ2n) is 4.33. The molecule has 2 aromatic rings. The number of halogens is 4. The van der Waals surface area contributed by atoms with Gasteiger partial charge in [-0.15, -0.1) is 0 Å². The van der Waals surface area contributed by atoms with Gasteiger partial charge < -0.3 is 5.32 Å². The first-order valence-corrected chi connectivity index (χ1v) is 6.69. The van der Waals surface area contributed by atoms with E-state index in [-0.39, 0.29) is 0 Å². The van der Waals surface area contributed by atoms with Crippen LogP contribution in [0.3, 0.4) is 0 Å². The first kappa shape index (κ1) is 14.8. The molecule has 106 valence electrons. The molecule has 2 rings (SSSR count). The van der Waals surface area contributed by atoms with Crippen LogP contribution in [-0.2, 0) is 0 Å². The van der Waals surface area contributed by atoms with E-state index < -0.39 is 25.0 Å². The van der Waals surface area contributed by atoms with E-state index in [1.807, 2.05) is 18.2 Å². The lowest BCUT2D eigenvalue weighted by molar-refractivity contribution is -0.132. The average molecular weight is 346 g/mol. The molecule has 0 saturated carbocycles. The number of benzene rings is 2. The fourth-order valence-electron chi connectivity index (χ4n) is 1.78. The number of fused-ring (bicyclic) bond motifs is 1. The zero-order chi connectivity index (χ0) is 14.8. The topological polar surface area (TPSA) is 29.1 Å². The fourth-order valence-corrected chi connectivity index (χ4v) is 2.16. The maximum Gasteiger partial charge on any atom is 0.390 e. The Morgan fingerprint density at radius 1 is 1.10 bits per heavy atom. The largest absolute Gasteiger partial charge is 0.390 e. The number of hydrogen-bond donors (Lipinski definition) is 1. The van der Waals surface area contributed by atoms with E-state index in [1.165, 1.54) is 0 Å². The Labute approximate surface area is 122 Å². The SMILES string of the molecule is O=C(NCCC(F)(F)F)c1ccc2cc(Br)ccc2c1. The van der Waals surface area contributed by atoms with Gasteiger partial charge in [0, 0.05) is 16.6 Å². The Hall–Kier alpha value is -1.56. The van der Waals surface area contributed by atoms with Gasteiger partial charge in [0.15, 0.2) is 0 Å². The molecule has 1 N–H and O–H groups in total. The molecular weight excluding hydrogens is 335 g/mol. The van der Waals surface area contributed by atoms with Crippen molar-refractivity contribution in [2.45, 2.75) is 12.6 Å². The van der Waals surface area contributed by atoms with Crippen LogP contribution in [-0.4, -0.2) is 18.6 Å². The van der Waals surface area contributed by atoms with Crippen molar-refractivity contribution in [3.05, 3.63) is 46.4 Å². The predicted molar refractivity (Wildman–Crippen MR) is 74.7 cm³/mol. The summed E-state index contributed by atoms with van der Waals surface area (Å²) in [7, 11) is 0. The number of amides is 1. The first-order chi connectivity index (χ1) is 9.35. The molecule has 0 aromatic heterocycles. The monoisotopic (exact) mass is 345 g/mol. The van der Waals surface area contributed by atoms with E-state index >= 15 is 0 Å². The van der Waals surface area contributed by atoms with Gasteiger partial charge in [0.05, 0.1) is 6.42 Å². The van der Waals surface area contributed by atoms with Gasteiger partial charge in [-0.3, -0.25) is 4.79 Å². The van der Waals surface area contributed by atoms with Gasteiger partial charge in [0.25, 0.3) is 5.91 Å². The fraction of sp³-hybridized carbons (Fsp3) is 0.214. The predicted octanol–water partition coefficient (Wildman–Crippen LogP) is 4.28. The number of hydrogen-bond acceptors (Lipinski definition) is 1. The molecule has 0 aliphatic heterocycles. The summed E-state index contributed by atoms with van der Waals surface area (Å²) in [5.41, 5.74) is 0.349. The summed E-state index contributed by atoms with van der Waals surface area (Å²) < 4.78 is 36.9. The lowest BCUT2D eigenvalue weighted by Crippen LogP contribution is -2.27. The Kier molecular flexibility index (Phi) is 4.32. The average Bonchev–Trinajstić information content (AvgIpc) is 2.36. The minimum Gasteiger partial charge on any atom is -0.352 e. The molecule has 6 heteroatoms. The van der Waals surface area contributed by atoms with Gasteiger partial charge in [-0.05, 0) is 35.0 Å². The van der Waals surface area contributed by atoms with E-state index in [9.17, 15) is 18.0 Å². The highest BCUT2D eigenvalue weighted by Crippen LogP contribution is 2.21. The molecule has 0 unspecified atom stereocenters. The van der Waals surface area contributed by atoms with Crippen LogP contribution < -0.4 is 5.32 Å². The third-order valence-electron chi connectivity index (χ3n) is 2.76. The van der Waals surface area contributed by atoms with Crippen LogP contribution in [0.15, 0.2) is 40.9 Å². The Bertz CT molecular complexity index is 640. The smallest absolute Gasteiger partial charge is 0.352 e. The molecule has 2 nitrogen and oxygen atoms in total. The number of nitrogens with one attached hydrogen (secondary N) is 1. The van der Waals surface area contributed by atoms with Crippen LogP contribution in [0.5, 0.6) is 0 Å². The molecule has 0 aliphatic carbocycles. The molecule has 0 radical (unpaired) electrons.